The lowest BCUT2D eigenvalue weighted by atomic mass is 9.97. The molecule has 0 spiro atoms. The molecule has 0 saturated carbocycles. The van der Waals surface area contributed by atoms with Crippen molar-refractivity contribution < 1.29 is 17.6 Å². The molecule has 2 aromatic rings. The summed E-state index contributed by atoms with van der Waals surface area (Å²) in [5.74, 6) is -1.22. The number of halogens is 4. The van der Waals surface area contributed by atoms with E-state index in [1.807, 2.05) is 0 Å². The molecular formula is C13H12ClF3N2O. The van der Waals surface area contributed by atoms with Crippen molar-refractivity contribution in [3.05, 3.63) is 23.2 Å². The predicted octanol–water partition coefficient (Wildman–Crippen LogP) is 4.26. The topological polar surface area (TPSA) is 29.3 Å². The van der Waals surface area contributed by atoms with E-state index < -0.39 is 12.1 Å². The zero-order valence-corrected chi connectivity index (χ0v) is 11.2. The number of oxazole rings is 1. The van der Waals surface area contributed by atoms with E-state index in [2.05, 4.69) is 4.98 Å². The second kappa shape index (κ2) is 4.84. The Bertz CT molecular complexity index is 618. The minimum Gasteiger partial charge on any atom is -0.423 e. The highest BCUT2D eigenvalue weighted by molar-refractivity contribution is 6.31. The zero-order chi connectivity index (χ0) is 14.3. The Morgan fingerprint density at radius 1 is 1.25 bits per heavy atom. The Morgan fingerprint density at radius 3 is 2.60 bits per heavy atom. The molecule has 1 saturated heterocycles. The summed E-state index contributed by atoms with van der Waals surface area (Å²) in [5, 5.41) is 0.549. The normalized spacial score (nSPS) is 17.9. The zero-order valence-electron chi connectivity index (χ0n) is 10.5. The smallest absolute Gasteiger partial charge is 0.391 e. The molecule has 1 aliphatic heterocycles. The summed E-state index contributed by atoms with van der Waals surface area (Å²) in [4.78, 5) is 6.02. The number of anilines is 1. The number of rotatable bonds is 1. The van der Waals surface area contributed by atoms with Gasteiger partial charge < -0.3 is 9.32 Å². The summed E-state index contributed by atoms with van der Waals surface area (Å²) in [6.45, 7) is 0.593. The van der Waals surface area contributed by atoms with Crippen LogP contribution < -0.4 is 4.90 Å². The lowest BCUT2D eigenvalue weighted by Crippen LogP contribution is -2.39. The molecule has 0 amide bonds. The van der Waals surface area contributed by atoms with Gasteiger partial charge >= 0.3 is 6.18 Å². The molecule has 0 aliphatic carbocycles. The van der Waals surface area contributed by atoms with E-state index in [0.29, 0.717) is 35.2 Å². The molecule has 0 bridgehead atoms. The van der Waals surface area contributed by atoms with Crippen LogP contribution in [0.3, 0.4) is 0 Å². The summed E-state index contributed by atoms with van der Waals surface area (Å²) < 4.78 is 43.4. The van der Waals surface area contributed by atoms with Crippen LogP contribution in [0.25, 0.3) is 11.1 Å². The number of fused-ring (bicyclic) bond motifs is 1. The van der Waals surface area contributed by atoms with Crippen LogP contribution in [0.2, 0.25) is 5.02 Å². The van der Waals surface area contributed by atoms with Gasteiger partial charge in [0.2, 0.25) is 0 Å². The fourth-order valence-electron chi connectivity index (χ4n) is 2.42. The Morgan fingerprint density at radius 2 is 1.95 bits per heavy atom. The maximum atomic E-state index is 12.6. The molecule has 108 valence electrons. The second-order valence-corrected chi connectivity index (χ2v) is 5.35. The van der Waals surface area contributed by atoms with Crippen LogP contribution in [0, 0.1) is 5.92 Å². The molecule has 3 nitrogen and oxygen atoms in total. The highest BCUT2D eigenvalue weighted by Crippen LogP contribution is 2.35. The molecule has 3 rings (SSSR count). The maximum absolute atomic E-state index is 12.6. The summed E-state index contributed by atoms with van der Waals surface area (Å²) in [6.07, 6.45) is -3.97. The number of nitrogens with zero attached hydrogens (tertiary/aromatic N) is 2. The summed E-state index contributed by atoms with van der Waals surface area (Å²) in [6, 6.07) is 5.43. The highest BCUT2D eigenvalue weighted by atomic mass is 35.5. The molecule has 0 N–H and O–H groups in total. The van der Waals surface area contributed by atoms with Gasteiger partial charge in [0.05, 0.1) is 5.92 Å². The third-order valence-electron chi connectivity index (χ3n) is 3.57. The third-order valence-corrected chi connectivity index (χ3v) is 3.80. The van der Waals surface area contributed by atoms with Gasteiger partial charge in [-0.15, -0.1) is 0 Å². The van der Waals surface area contributed by atoms with Gasteiger partial charge in [0.1, 0.15) is 5.52 Å². The lowest BCUT2D eigenvalue weighted by molar-refractivity contribution is -0.179. The molecule has 1 aromatic carbocycles. The molecule has 7 heteroatoms. The first kappa shape index (κ1) is 13.5. The molecule has 1 fully saturated rings. The van der Waals surface area contributed by atoms with Gasteiger partial charge in [-0.05, 0) is 31.0 Å². The van der Waals surface area contributed by atoms with Crippen LogP contribution in [-0.2, 0) is 0 Å². The first-order chi connectivity index (χ1) is 9.43. The lowest BCUT2D eigenvalue weighted by Gasteiger charge is -2.31. The summed E-state index contributed by atoms with van der Waals surface area (Å²) in [7, 11) is 0. The van der Waals surface area contributed by atoms with Crippen LogP contribution >= 0.6 is 11.6 Å². The molecular weight excluding hydrogens is 293 g/mol. The van der Waals surface area contributed by atoms with Gasteiger partial charge in [0, 0.05) is 18.1 Å². The van der Waals surface area contributed by atoms with E-state index in [-0.39, 0.29) is 12.8 Å². The minimum absolute atomic E-state index is 0.0724. The van der Waals surface area contributed by atoms with Crippen molar-refractivity contribution in [1.82, 2.24) is 4.98 Å². The van der Waals surface area contributed by atoms with E-state index in [1.165, 1.54) is 0 Å². The maximum Gasteiger partial charge on any atom is 0.391 e. The van der Waals surface area contributed by atoms with E-state index in [4.69, 9.17) is 16.0 Å². The van der Waals surface area contributed by atoms with Crippen molar-refractivity contribution in [2.45, 2.75) is 19.0 Å². The molecule has 0 radical (unpaired) electrons. The number of piperidine rings is 1. The largest absolute Gasteiger partial charge is 0.423 e. The summed E-state index contributed by atoms with van der Waals surface area (Å²) >= 11 is 5.86. The Hall–Kier alpha value is -1.43. The van der Waals surface area contributed by atoms with Crippen molar-refractivity contribution in [2.24, 2.45) is 5.92 Å². The monoisotopic (exact) mass is 304 g/mol. The van der Waals surface area contributed by atoms with Crippen molar-refractivity contribution in [1.29, 1.82) is 0 Å². The van der Waals surface area contributed by atoms with Gasteiger partial charge in [0.25, 0.3) is 6.01 Å². The Balaban J connectivity index is 1.76. The number of aromatic nitrogens is 1. The Labute approximate surface area is 118 Å². The molecule has 1 aromatic heterocycles. The van der Waals surface area contributed by atoms with Crippen molar-refractivity contribution in [3.63, 3.8) is 0 Å². The second-order valence-electron chi connectivity index (χ2n) is 4.91. The molecule has 20 heavy (non-hydrogen) atoms. The number of alkyl halides is 3. The highest BCUT2D eigenvalue weighted by Gasteiger charge is 2.41. The number of hydrogen-bond donors (Lipinski definition) is 0. The van der Waals surface area contributed by atoms with E-state index >= 15 is 0 Å². The van der Waals surface area contributed by atoms with E-state index in [0.717, 1.165) is 0 Å². The number of hydrogen-bond acceptors (Lipinski definition) is 3. The summed E-state index contributed by atoms with van der Waals surface area (Å²) in [5.41, 5.74) is 1.20. The average Bonchev–Trinajstić information content (AvgIpc) is 2.80. The van der Waals surface area contributed by atoms with Crippen molar-refractivity contribution in [3.8, 4) is 0 Å². The van der Waals surface area contributed by atoms with E-state index in [1.54, 1.807) is 23.1 Å². The van der Waals surface area contributed by atoms with Gasteiger partial charge in [-0.2, -0.15) is 18.2 Å². The molecule has 1 aliphatic rings. The van der Waals surface area contributed by atoms with Crippen LogP contribution in [0.4, 0.5) is 19.2 Å². The van der Waals surface area contributed by atoms with Gasteiger partial charge in [0.15, 0.2) is 5.58 Å². The number of benzene rings is 1. The quantitative estimate of drug-likeness (QED) is 0.788. The predicted molar refractivity (Wildman–Crippen MR) is 70.0 cm³/mol. The fourth-order valence-corrected chi connectivity index (χ4v) is 2.59. The van der Waals surface area contributed by atoms with Crippen LogP contribution in [-0.4, -0.2) is 24.2 Å². The molecule has 0 atom stereocenters. The molecule has 0 unspecified atom stereocenters. The van der Waals surface area contributed by atoms with Crippen LogP contribution in [0.15, 0.2) is 22.6 Å². The third kappa shape index (κ3) is 2.57. The van der Waals surface area contributed by atoms with Crippen molar-refractivity contribution >= 4 is 28.7 Å². The van der Waals surface area contributed by atoms with Crippen molar-refractivity contribution in [2.75, 3.05) is 18.0 Å². The average molecular weight is 305 g/mol. The van der Waals surface area contributed by atoms with E-state index in [9.17, 15) is 13.2 Å². The minimum atomic E-state index is -4.11. The first-order valence-electron chi connectivity index (χ1n) is 6.31. The van der Waals surface area contributed by atoms with Gasteiger partial charge in [-0.3, -0.25) is 0 Å². The fraction of sp³-hybridized carbons (Fsp3) is 0.462. The first-order valence-corrected chi connectivity index (χ1v) is 6.69. The van der Waals surface area contributed by atoms with Crippen LogP contribution in [0.5, 0.6) is 0 Å². The van der Waals surface area contributed by atoms with Crippen LogP contribution in [0.1, 0.15) is 12.8 Å². The van der Waals surface area contributed by atoms with Gasteiger partial charge in [-0.25, -0.2) is 0 Å². The Kier molecular flexibility index (Phi) is 3.28. The SMILES string of the molecule is FC(F)(F)C1CCN(c2nc3cc(Cl)ccc3o2)CC1. The standard InChI is InChI=1S/C13H12ClF3N2O/c14-9-1-2-11-10(7-9)18-12(20-11)19-5-3-8(4-6-19)13(15,16)17/h1-2,7-8H,3-6H2. The molecule has 2 heterocycles. The van der Waals surface area contributed by atoms with Gasteiger partial charge in [-0.1, -0.05) is 11.6 Å².